The summed E-state index contributed by atoms with van der Waals surface area (Å²) in [6.07, 6.45) is 13.2. The van der Waals surface area contributed by atoms with Crippen LogP contribution in [0, 0.1) is 0 Å². The van der Waals surface area contributed by atoms with Gasteiger partial charge in [0.05, 0.1) is 0 Å². The summed E-state index contributed by atoms with van der Waals surface area (Å²) in [7, 11) is 1.07. The third kappa shape index (κ3) is 11.6. The lowest BCUT2D eigenvalue weighted by Gasteiger charge is -2.25. The Balaban J connectivity index is 3.42. The Morgan fingerprint density at radius 1 is 0.714 bits per heavy atom. The maximum absolute atomic E-state index is 5.71. The van der Waals surface area contributed by atoms with Gasteiger partial charge in [-0.05, 0) is 25.5 Å². The molecule has 128 valence electrons. The molecule has 0 aliphatic carbocycles. The molecule has 0 aromatic heterocycles. The fourth-order valence-electron chi connectivity index (χ4n) is 2.56. The molecule has 0 radical (unpaired) electrons. The Labute approximate surface area is 138 Å². The molecule has 0 saturated heterocycles. The van der Waals surface area contributed by atoms with Crippen molar-refractivity contribution in [1.82, 2.24) is 0 Å². The molecule has 0 atom stereocenters. The summed E-state index contributed by atoms with van der Waals surface area (Å²) in [5.74, 6) is 1.04. The largest absolute Gasteiger partial charge is 0.500 e. The van der Waals surface area contributed by atoms with Crippen LogP contribution >= 0.6 is 12.6 Å². The summed E-state index contributed by atoms with van der Waals surface area (Å²) < 4.78 is 16.7. The quantitative estimate of drug-likeness (QED) is 0.242. The molecule has 21 heavy (non-hydrogen) atoms. The van der Waals surface area contributed by atoms with Gasteiger partial charge in [-0.1, -0.05) is 51.4 Å². The molecule has 0 rings (SSSR count). The van der Waals surface area contributed by atoms with Crippen LogP contribution in [-0.2, 0) is 13.3 Å². The number of hydrogen-bond acceptors (Lipinski definition) is 4. The van der Waals surface area contributed by atoms with E-state index in [1.165, 1.54) is 57.8 Å². The average Bonchev–Trinajstić information content (AvgIpc) is 2.51. The van der Waals surface area contributed by atoms with E-state index in [2.05, 4.69) is 12.6 Å². The SMILES string of the molecule is CCO[Si](CCCCCCCCCCCCS)(OC)OC. The van der Waals surface area contributed by atoms with Crippen LogP contribution in [-0.4, -0.2) is 35.4 Å². The van der Waals surface area contributed by atoms with E-state index in [0.717, 1.165) is 18.2 Å². The standard InChI is InChI=1S/C16H36O3SSi/c1-4-19-21(17-2,18-3)16-14-12-10-8-6-5-7-9-11-13-15-20/h20H,4-16H2,1-3H3. The molecule has 0 unspecified atom stereocenters. The maximum atomic E-state index is 5.71. The molecule has 0 heterocycles. The first-order chi connectivity index (χ1) is 10.2. The molecule has 5 heteroatoms. The highest BCUT2D eigenvalue weighted by molar-refractivity contribution is 7.80. The van der Waals surface area contributed by atoms with Gasteiger partial charge in [-0.2, -0.15) is 12.6 Å². The molecule has 0 spiro atoms. The Hall–Kier alpha value is 0.447. The van der Waals surface area contributed by atoms with Gasteiger partial charge in [-0.15, -0.1) is 0 Å². The Bertz CT molecular complexity index is 214. The highest BCUT2D eigenvalue weighted by atomic mass is 32.1. The third-order valence-electron chi connectivity index (χ3n) is 3.88. The van der Waals surface area contributed by atoms with Crippen LogP contribution in [0.4, 0.5) is 0 Å². The second-order valence-electron chi connectivity index (χ2n) is 5.53. The molecule has 0 aliphatic heterocycles. The van der Waals surface area contributed by atoms with Crippen LogP contribution in [0.3, 0.4) is 0 Å². The van der Waals surface area contributed by atoms with Gasteiger partial charge in [0.25, 0.3) is 0 Å². The van der Waals surface area contributed by atoms with Crippen molar-refractivity contribution in [3.05, 3.63) is 0 Å². The first-order valence-corrected chi connectivity index (χ1v) is 11.2. The van der Waals surface area contributed by atoms with E-state index in [9.17, 15) is 0 Å². The Morgan fingerprint density at radius 3 is 1.52 bits per heavy atom. The van der Waals surface area contributed by atoms with Crippen molar-refractivity contribution in [2.45, 2.75) is 77.2 Å². The summed E-state index contributed by atoms with van der Waals surface area (Å²) in [5.41, 5.74) is 0. The lowest BCUT2D eigenvalue weighted by molar-refractivity contribution is 0.103. The number of unbranched alkanes of at least 4 members (excludes halogenated alkanes) is 9. The van der Waals surface area contributed by atoms with Crippen molar-refractivity contribution in [2.24, 2.45) is 0 Å². The van der Waals surface area contributed by atoms with Crippen molar-refractivity contribution in [3.63, 3.8) is 0 Å². The van der Waals surface area contributed by atoms with Gasteiger partial charge in [0, 0.05) is 26.9 Å². The zero-order valence-corrected chi connectivity index (χ0v) is 16.3. The minimum absolute atomic E-state index is 0.668. The smallest absolute Gasteiger partial charge is 0.377 e. The van der Waals surface area contributed by atoms with Crippen LogP contribution in [0.1, 0.15) is 71.1 Å². The molecule has 3 nitrogen and oxygen atoms in total. The minimum Gasteiger partial charge on any atom is -0.377 e. The minimum atomic E-state index is -2.34. The van der Waals surface area contributed by atoms with Crippen LogP contribution < -0.4 is 0 Å². The molecule has 0 aromatic rings. The highest BCUT2D eigenvalue weighted by Gasteiger charge is 2.37. The molecule has 0 saturated carbocycles. The van der Waals surface area contributed by atoms with E-state index < -0.39 is 8.80 Å². The second-order valence-corrected chi connectivity index (χ2v) is 8.95. The van der Waals surface area contributed by atoms with Gasteiger partial charge in [-0.25, -0.2) is 0 Å². The van der Waals surface area contributed by atoms with Crippen LogP contribution in [0.15, 0.2) is 0 Å². The number of hydrogen-bond donors (Lipinski definition) is 1. The van der Waals surface area contributed by atoms with Gasteiger partial charge in [0.15, 0.2) is 0 Å². The van der Waals surface area contributed by atoms with Gasteiger partial charge in [0.1, 0.15) is 0 Å². The summed E-state index contributed by atoms with van der Waals surface area (Å²) in [4.78, 5) is 0. The molecule has 0 aromatic carbocycles. The fourth-order valence-corrected chi connectivity index (χ4v) is 4.87. The molecule has 0 aliphatic rings. The summed E-state index contributed by atoms with van der Waals surface area (Å²) in [5, 5.41) is 0. The molecule has 0 bridgehead atoms. The molecule has 0 fully saturated rings. The lowest BCUT2D eigenvalue weighted by atomic mass is 10.1. The normalized spacial score (nSPS) is 12.0. The predicted octanol–water partition coefficient (Wildman–Crippen LogP) is 5.09. The van der Waals surface area contributed by atoms with Crippen LogP contribution in [0.2, 0.25) is 6.04 Å². The highest BCUT2D eigenvalue weighted by Crippen LogP contribution is 2.19. The van der Waals surface area contributed by atoms with E-state index in [1.54, 1.807) is 14.2 Å². The van der Waals surface area contributed by atoms with Crippen molar-refractivity contribution in [3.8, 4) is 0 Å². The molecular formula is C16H36O3SSi. The zero-order chi connectivity index (χ0) is 15.8. The monoisotopic (exact) mass is 336 g/mol. The van der Waals surface area contributed by atoms with Crippen molar-refractivity contribution in [1.29, 1.82) is 0 Å². The van der Waals surface area contributed by atoms with E-state index in [0.29, 0.717) is 6.61 Å². The van der Waals surface area contributed by atoms with E-state index in [-0.39, 0.29) is 0 Å². The topological polar surface area (TPSA) is 27.7 Å². The number of rotatable bonds is 16. The van der Waals surface area contributed by atoms with E-state index in [1.807, 2.05) is 6.92 Å². The van der Waals surface area contributed by atoms with Crippen molar-refractivity contribution in [2.75, 3.05) is 26.6 Å². The summed E-state index contributed by atoms with van der Waals surface area (Å²) in [6.45, 7) is 2.66. The summed E-state index contributed by atoms with van der Waals surface area (Å²) in [6, 6.07) is 0.942. The van der Waals surface area contributed by atoms with Gasteiger partial charge in [0.2, 0.25) is 0 Å². The maximum Gasteiger partial charge on any atom is 0.500 e. The lowest BCUT2D eigenvalue weighted by Crippen LogP contribution is -2.43. The van der Waals surface area contributed by atoms with E-state index >= 15 is 0 Å². The third-order valence-corrected chi connectivity index (χ3v) is 7.13. The Morgan fingerprint density at radius 2 is 1.14 bits per heavy atom. The first-order valence-electron chi connectivity index (χ1n) is 8.59. The van der Waals surface area contributed by atoms with Gasteiger partial charge >= 0.3 is 8.80 Å². The van der Waals surface area contributed by atoms with Crippen molar-refractivity contribution < 1.29 is 13.3 Å². The number of thiol groups is 1. The zero-order valence-electron chi connectivity index (χ0n) is 14.4. The fraction of sp³-hybridized carbons (Fsp3) is 1.00. The average molecular weight is 337 g/mol. The van der Waals surface area contributed by atoms with Crippen LogP contribution in [0.25, 0.3) is 0 Å². The second kappa shape index (κ2) is 15.3. The van der Waals surface area contributed by atoms with Crippen LogP contribution in [0.5, 0.6) is 0 Å². The molecule has 0 N–H and O–H groups in total. The summed E-state index contributed by atoms with van der Waals surface area (Å²) >= 11 is 4.24. The Kier molecular flexibility index (Phi) is 15.7. The van der Waals surface area contributed by atoms with Crippen molar-refractivity contribution >= 4 is 21.4 Å². The van der Waals surface area contributed by atoms with Gasteiger partial charge < -0.3 is 13.3 Å². The molecule has 0 amide bonds. The first kappa shape index (κ1) is 21.4. The van der Waals surface area contributed by atoms with E-state index in [4.69, 9.17) is 13.3 Å². The predicted molar refractivity (Wildman–Crippen MR) is 96.2 cm³/mol. The molecular weight excluding hydrogens is 300 g/mol. The van der Waals surface area contributed by atoms with Gasteiger partial charge in [-0.3, -0.25) is 0 Å².